The fourth-order valence-corrected chi connectivity index (χ4v) is 9.80. The summed E-state index contributed by atoms with van der Waals surface area (Å²) in [4.78, 5) is 46.4. The molecule has 3 fully saturated rings. The molecular weight excluding hydrogens is 648 g/mol. The number of hydrogen-bond acceptors (Lipinski definition) is 6. The predicted octanol–water partition coefficient (Wildman–Crippen LogP) is 6.69. The quantitative estimate of drug-likeness (QED) is 0.168. The van der Waals surface area contributed by atoms with E-state index in [0.717, 1.165) is 15.6 Å². The summed E-state index contributed by atoms with van der Waals surface area (Å²) in [6.07, 6.45) is -4.26. The third-order valence-corrected chi connectivity index (χ3v) is 12.5. The Morgan fingerprint density at radius 1 is 1.11 bits per heavy atom. The van der Waals surface area contributed by atoms with Crippen molar-refractivity contribution in [3.8, 4) is 0 Å². The molecule has 7 atom stereocenters. The Bertz CT molecular complexity index is 1440. The van der Waals surface area contributed by atoms with Crippen molar-refractivity contribution >= 4 is 46.4 Å². The van der Waals surface area contributed by atoms with E-state index in [1.165, 1.54) is 11.3 Å². The summed E-state index contributed by atoms with van der Waals surface area (Å²) in [5, 5.41) is 21.4. The molecule has 7 unspecified atom stereocenters. The lowest BCUT2D eigenvalue weighted by atomic mass is 9.69. The summed E-state index contributed by atoms with van der Waals surface area (Å²) in [7, 11) is 0. The van der Waals surface area contributed by atoms with E-state index in [9.17, 15) is 32.7 Å². The highest BCUT2D eigenvalue weighted by Gasteiger charge is 2.69. The average molecular weight is 687 g/mol. The van der Waals surface area contributed by atoms with Crippen molar-refractivity contribution in [3.05, 3.63) is 26.8 Å². The lowest BCUT2D eigenvalue weighted by molar-refractivity contribution is -0.211. The maximum absolute atomic E-state index is 15.3. The van der Waals surface area contributed by atoms with E-state index in [2.05, 4.69) is 10.3 Å². The first-order valence-corrected chi connectivity index (χ1v) is 17.4. The van der Waals surface area contributed by atoms with Crippen LogP contribution in [0.15, 0.2) is 11.3 Å². The van der Waals surface area contributed by atoms with Gasteiger partial charge in [0.1, 0.15) is 6.17 Å². The van der Waals surface area contributed by atoms with Crippen molar-refractivity contribution < 1.29 is 37.1 Å². The summed E-state index contributed by atoms with van der Waals surface area (Å²) in [6, 6.07) is 0. The maximum Gasteiger partial charge on any atom is 0.394 e. The number of carboxylic acids is 1. The van der Waals surface area contributed by atoms with Crippen LogP contribution in [-0.2, 0) is 27.5 Å². The van der Waals surface area contributed by atoms with E-state index < -0.39 is 64.6 Å². The molecule has 1 aliphatic heterocycles. The van der Waals surface area contributed by atoms with Crippen LogP contribution in [-0.4, -0.2) is 56.2 Å². The summed E-state index contributed by atoms with van der Waals surface area (Å²) in [5.41, 5.74) is -0.479. The van der Waals surface area contributed by atoms with Gasteiger partial charge in [0, 0.05) is 33.5 Å². The number of nitrogens with one attached hydrogen (secondary N) is 2. The highest BCUT2D eigenvalue weighted by molar-refractivity contribution is 7.11. The topological polar surface area (TPSA) is 123 Å². The molecule has 46 heavy (non-hydrogen) atoms. The molecule has 3 N–H and O–H groups in total. The Balaban J connectivity index is 1.26. The van der Waals surface area contributed by atoms with Gasteiger partial charge in [0.15, 0.2) is 0 Å². The van der Waals surface area contributed by atoms with Gasteiger partial charge in [-0.1, -0.05) is 6.42 Å². The summed E-state index contributed by atoms with van der Waals surface area (Å²) < 4.78 is 58.1. The van der Waals surface area contributed by atoms with Crippen LogP contribution in [0.2, 0.25) is 0 Å². The zero-order valence-electron chi connectivity index (χ0n) is 25.6. The Kier molecular flexibility index (Phi) is 9.06. The van der Waals surface area contributed by atoms with Crippen molar-refractivity contribution in [2.24, 2.45) is 35.0 Å². The number of fused-ring (bicyclic) bond motifs is 1. The number of thiazole rings is 1. The first-order chi connectivity index (χ1) is 21.7. The predicted molar refractivity (Wildman–Crippen MR) is 163 cm³/mol. The summed E-state index contributed by atoms with van der Waals surface area (Å²) in [6.45, 7) is 2.71. The van der Waals surface area contributed by atoms with E-state index in [-0.39, 0.29) is 68.7 Å². The molecule has 0 radical (unpaired) electrons. The molecule has 0 saturated heterocycles. The zero-order chi connectivity index (χ0) is 33.1. The van der Waals surface area contributed by atoms with Gasteiger partial charge in [-0.05, 0) is 82.6 Å². The number of aryl methyl sites for hydroxylation is 1. The number of carboxylic acid groups (broad SMARTS) is 1. The fourth-order valence-electron chi connectivity index (χ4n) is 8.39. The van der Waals surface area contributed by atoms with Crippen LogP contribution in [0.4, 0.5) is 17.6 Å². The minimum atomic E-state index is -4.46. The molecule has 0 bridgehead atoms. The SMILES string of the molecule is Cc1nc2c(s1)CN(C(=O)C1CCC(C(=N)C3CCC(C(=O)O)CC3F)=C(NC(=O)C3C(Cl)CCCC3C3(C(F)(F)F)CC3)C1)C2. The van der Waals surface area contributed by atoms with E-state index in [0.29, 0.717) is 37.9 Å². The second kappa shape index (κ2) is 12.5. The first-order valence-electron chi connectivity index (χ1n) is 16.1. The molecule has 2 amide bonds. The van der Waals surface area contributed by atoms with Gasteiger partial charge in [0.05, 0.1) is 41.0 Å². The van der Waals surface area contributed by atoms with Crippen LogP contribution in [0.25, 0.3) is 0 Å². The number of halogens is 5. The van der Waals surface area contributed by atoms with E-state index in [1.54, 1.807) is 4.90 Å². The van der Waals surface area contributed by atoms with Crippen molar-refractivity contribution in [2.45, 2.75) is 108 Å². The molecule has 14 heteroatoms. The van der Waals surface area contributed by atoms with Gasteiger partial charge >= 0.3 is 12.1 Å². The summed E-state index contributed by atoms with van der Waals surface area (Å²) in [5.74, 6) is -6.22. The lowest BCUT2D eigenvalue weighted by Gasteiger charge is -2.41. The molecule has 8 nitrogen and oxygen atoms in total. The molecule has 1 aromatic heterocycles. The molecular formula is C32H39ClF4N4O4S. The second-order valence-electron chi connectivity index (χ2n) is 13.8. The van der Waals surface area contributed by atoms with Gasteiger partial charge in [-0.25, -0.2) is 9.37 Å². The van der Waals surface area contributed by atoms with Crippen molar-refractivity contribution in [1.82, 2.24) is 15.2 Å². The van der Waals surface area contributed by atoms with Crippen LogP contribution >= 0.6 is 22.9 Å². The fraction of sp³-hybridized carbons (Fsp3) is 0.719. The normalized spacial score (nSPS) is 32.6. The number of aliphatic carboxylic acids is 1. The van der Waals surface area contributed by atoms with Crippen molar-refractivity contribution in [1.29, 1.82) is 5.41 Å². The minimum Gasteiger partial charge on any atom is -0.481 e. The lowest BCUT2D eigenvalue weighted by Crippen LogP contribution is -2.49. The molecule has 3 saturated carbocycles. The molecule has 0 aromatic carbocycles. The summed E-state index contributed by atoms with van der Waals surface area (Å²) >= 11 is 8.15. The monoisotopic (exact) mass is 686 g/mol. The Hall–Kier alpha value is -2.54. The number of amides is 2. The largest absolute Gasteiger partial charge is 0.481 e. The molecule has 6 rings (SSSR count). The van der Waals surface area contributed by atoms with Gasteiger partial charge in [0.25, 0.3) is 0 Å². The van der Waals surface area contributed by atoms with Crippen molar-refractivity contribution in [2.75, 3.05) is 0 Å². The third-order valence-electron chi connectivity index (χ3n) is 11.1. The number of hydrogen-bond donors (Lipinski definition) is 3. The number of nitrogens with zero attached hydrogens (tertiary/aromatic N) is 2. The second-order valence-corrected chi connectivity index (χ2v) is 15.6. The highest BCUT2D eigenvalue weighted by Crippen LogP contribution is 2.66. The molecule has 5 aliphatic rings. The van der Waals surface area contributed by atoms with Gasteiger partial charge in [-0.3, -0.25) is 14.4 Å². The Morgan fingerprint density at radius 2 is 1.85 bits per heavy atom. The molecule has 0 spiro atoms. The van der Waals surface area contributed by atoms with Gasteiger partial charge < -0.3 is 20.7 Å². The smallest absolute Gasteiger partial charge is 0.394 e. The average Bonchev–Trinajstić information content (AvgIpc) is 3.63. The maximum atomic E-state index is 15.3. The number of aromatic nitrogens is 1. The van der Waals surface area contributed by atoms with Crippen LogP contribution in [0, 0.1) is 47.3 Å². The number of carbonyl (C=O) groups excluding carboxylic acids is 2. The van der Waals surface area contributed by atoms with Crippen LogP contribution in [0.5, 0.6) is 0 Å². The minimum absolute atomic E-state index is 0.0443. The van der Waals surface area contributed by atoms with E-state index in [1.807, 2.05) is 6.92 Å². The highest BCUT2D eigenvalue weighted by atomic mass is 35.5. The van der Waals surface area contributed by atoms with Crippen LogP contribution in [0.1, 0.15) is 86.2 Å². The first kappa shape index (κ1) is 33.4. The number of carbonyl (C=O) groups is 3. The van der Waals surface area contributed by atoms with Gasteiger partial charge in [-0.15, -0.1) is 22.9 Å². The molecule has 252 valence electrons. The number of rotatable bonds is 7. The molecule has 4 aliphatic carbocycles. The van der Waals surface area contributed by atoms with Crippen LogP contribution in [0.3, 0.4) is 0 Å². The van der Waals surface area contributed by atoms with Crippen molar-refractivity contribution in [3.63, 3.8) is 0 Å². The Labute approximate surface area is 273 Å². The molecule has 1 aromatic rings. The number of alkyl halides is 5. The standard InChI is InChI=1S/C32H39ClF4N4O4S/c1-15-39-24-13-41(14-25(24)46-15)29(43)16-5-8-19(27(38)18-7-6-17(30(44)45)11-22(18)34)23(12-16)40-28(42)26-20(3-2-4-21(26)33)31(9-10-31)32(35,36)37/h16-18,20-22,26,38H,2-14H2,1H3,(H,40,42)(H,44,45). The van der Waals surface area contributed by atoms with Gasteiger partial charge in [-0.2, -0.15) is 13.2 Å². The number of allylic oxidation sites excluding steroid dienone is 2. The van der Waals surface area contributed by atoms with E-state index in [4.69, 9.17) is 17.0 Å². The zero-order valence-corrected chi connectivity index (χ0v) is 27.2. The van der Waals surface area contributed by atoms with Gasteiger partial charge in [0.2, 0.25) is 11.8 Å². The van der Waals surface area contributed by atoms with Crippen LogP contribution < -0.4 is 5.32 Å². The Morgan fingerprint density at radius 3 is 2.48 bits per heavy atom. The third kappa shape index (κ3) is 6.10. The molecule has 2 heterocycles. The van der Waals surface area contributed by atoms with E-state index >= 15 is 4.39 Å².